The van der Waals surface area contributed by atoms with Crippen LogP contribution in [0.1, 0.15) is 0 Å². The molecule has 2 heterocycles. The van der Waals surface area contributed by atoms with E-state index >= 15 is 0 Å². The van der Waals surface area contributed by atoms with Crippen molar-refractivity contribution in [3.05, 3.63) is 58.8 Å². The minimum Gasteiger partial charge on any atom is -0.354 e. The second-order valence-corrected chi connectivity index (χ2v) is 6.79. The van der Waals surface area contributed by atoms with E-state index in [1.54, 1.807) is 6.07 Å². The monoisotopic (exact) mass is 344 g/mol. The van der Waals surface area contributed by atoms with E-state index < -0.39 is 4.92 Å². The molecule has 1 fully saturated rings. The van der Waals surface area contributed by atoms with Crippen LogP contribution in [0.3, 0.4) is 0 Å². The SMILES string of the molecule is O=[N+]([O-])c1ccc(N2CCN(CCSc3ccccc3)CC2)nc1. The van der Waals surface area contributed by atoms with Crippen molar-refractivity contribution in [2.75, 3.05) is 43.4 Å². The van der Waals surface area contributed by atoms with Crippen LogP contribution in [-0.4, -0.2) is 53.3 Å². The summed E-state index contributed by atoms with van der Waals surface area (Å²) >= 11 is 1.88. The number of piperazine rings is 1. The first-order valence-electron chi connectivity index (χ1n) is 7.98. The molecule has 24 heavy (non-hydrogen) atoms. The van der Waals surface area contributed by atoms with Gasteiger partial charge in [-0.3, -0.25) is 15.0 Å². The number of anilines is 1. The summed E-state index contributed by atoms with van der Waals surface area (Å²) in [6.45, 7) is 4.87. The Bertz CT molecular complexity index is 658. The molecule has 6 nitrogen and oxygen atoms in total. The fraction of sp³-hybridized carbons (Fsp3) is 0.353. The maximum absolute atomic E-state index is 10.7. The number of pyridine rings is 1. The van der Waals surface area contributed by atoms with Crippen LogP contribution in [0.15, 0.2) is 53.6 Å². The van der Waals surface area contributed by atoms with Gasteiger partial charge in [0.25, 0.3) is 5.69 Å². The minimum atomic E-state index is -0.418. The summed E-state index contributed by atoms with van der Waals surface area (Å²) in [5, 5.41) is 10.7. The highest BCUT2D eigenvalue weighted by Gasteiger charge is 2.18. The molecule has 7 heteroatoms. The fourth-order valence-corrected chi connectivity index (χ4v) is 3.62. The predicted octanol–water partition coefficient (Wildman–Crippen LogP) is 2.90. The molecule has 0 radical (unpaired) electrons. The fourth-order valence-electron chi connectivity index (χ4n) is 2.68. The Morgan fingerprint density at radius 1 is 1.08 bits per heavy atom. The van der Waals surface area contributed by atoms with Gasteiger partial charge >= 0.3 is 0 Å². The molecule has 0 aliphatic carbocycles. The molecule has 0 N–H and O–H groups in total. The molecule has 0 atom stereocenters. The van der Waals surface area contributed by atoms with Crippen molar-refractivity contribution >= 4 is 23.3 Å². The van der Waals surface area contributed by atoms with Crippen LogP contribution in [0.4, 0.5) is 11.5 Å². The van der Waals surface area contributed by atoms with E-state index in [0.717, 1.165) is 44.3 Å². The maximum Gasteiger partial charge on any atom is 0.287 e. The number of aromatic nitrogens is 1. The highest BCUT2D eigenvalue weighted by atomic mass is 32.2. The van der Waals surface area contributed by atoms with E-state index in [1.807, 2.05) is 17.8 Å². The third kappa shape index (κ3) is 4.46. The zero-order chi connectivity index (χ0) is 16.8. The van der Waals surface area contributed by atoms with E-state index in [4.69, 9.17) is 0 Å². The van der Waals surface area contributed by atoms with Gasteiger partial charge in [-0.1, -0.05) is 18.2 Å². The van der Waals surface area contributed by atoms with Crippen LogP contribution in [0.25, 0.3) is 0 Å². The Balaban J connectivity index is 1.43. The van der Waals surface area contributed by atoms with Gasteiger partial charge in [-0.15, -0.1) is 11.8 Å². The van der Waals surface area contributed by atoms with Crippen LogP contribution in [0.2, 0.25) is 0 Å². The molecule has 3 rings (SSSR count). The third-order valence-electron chi connectivity index (χ3n) is 4.06. The topological polar surface area (TPSA) is 62.5 Å². The summed E-state index contributed by atoms with van der Waals surface area (Å²) in [6, 6.07) is 13.7. The van der Waals surface area contributed by atoms with Gasteiger partial charge in [-0.25, -0.2) is 4.98 Å². The number of nitro groups is 1. The van der Waals surface area contributed by atoms with Crippen molar-refractivity contribution in [2.45, 2.75) is 4.90 Å². The summed E-state index contributed by atoms with van der Waals surface area (Å²) in [4.78, 5) is 20.4. The Kier molecular flexibility index (Phi) is 5.66. The Labute approximate surface area is 145 Å². The number of nitrogens with zero attached hydrogens (tertiary/aromatic N) is 4. The van der Waals surface area contributed by atoms with Crippen LogP contribution in [0, 0.1) is 10.1 Å². The molecule has 0 saturated carbocycles. The predicted molar refractivity (Wildman–Crippen MR) is 96.7 cm³/mol. The maximum atomic E-state index is 10.7. The molecular formula is C17H20N4O2S. The molecular weight excluding hydrogens is 324 g/mol. The van der Waals surface area contributed by atoms with Gasteiger partial charge in [0, 0.05) is 49.4 Å². The number of hydrogen-bond donors (Lipinski definition) is 0. The third-order valence-corrected chi connectivity index (χ3v) is 5.05. The van der Waals surface area contributed by atoms with Crippen LogP contribution >= 0.6 is 11.8 Å². The lowest BCUT2D eigenvalue weighted by atomic mass is 10.3. The van der Waals surface area contributed by atoms with Crippen molar-refractivity contribution in [3.63, 3.8) is 0 Å². The second kappa shape index (κ2) is 8.12. The summed E-state index contributed by atoms with van der Waals surface area (Å²) in [6.07, 6.45) is 1.33. The first-order valence-corrected chi connectivity index (χ1v) is 8.96. The number of thioether (sulfide) groups is 1. The molecule has 1 aliphatic heterocycles. The quantitative estimate of drug-likeness (QED) is 0.456. The molecule has 126 valence electrons. The van der Waals surface area contributed by atoms with E-state index in [-0.39, 0.29) is 5.69 Å². The van der Waals surface area contributed by atoms with E-state index in [0.29, 0.717) is 0 Å². The summed E-state index contributed by atoms with van der Waals surface area (Å²) in [5.41, 5.74) is 0.0373. The summed E-state index contributed by atoms with van der Waals surface area (Å²) in [7, 11) is 0. The number of benzene rings is 1. The lowest BCUT2D eigenvalue weighted by Gasteiger charge is -2.35. The molecule has 0 spiro atoms. The smallest absolute Gasteiger partial charge is 0.287 e. The second-order valence-electron chi connectivity index (χ2n) is 5.62. The average molecular weight is 344 g/mol. The molecule has 1 aliphatic rings. The van der Waals surface area contributed by atoms with Gasteiger partial charge in [0.15, 0.2) is 0 Å². The standard InChI is InChI=1S/C17H20N4O2S/c22-21(23)15-6-7-17(18-14-15)20-10-8-19(9-11-20)12-13-24-16-4-2-1-3-5-16/h1-7,14H,8-13H2. The number of rotatable bonds is 6. The van der Waals surface area contributed by atoms with E-state index in [9.17, 15) is 10.1 Å². The molecule has 0 bridgehead atoms. The van der Waals surface area contributed by atoms with E-state index in [1.165, 1.54) is 17.2 Å². The van der Waals surface area contributed by atoms with Gasteiger partial charge in [-0.05, 0) is 18.2 Å². The first kappa shape index (κ1) is 16.7. The number of hydrogen-bond acceptors (Lipinski definition) is 6. The zero-order valence-electron chi connectivity index (χ0n) is 13.4. The minimum absolute atomic E-state index is 0.0373. The van der Waals surface area contributed by atoms with E-state index in [2.05, 4.69) is 39.0 Å². The summed E-state index contributed by atoms with van der Waals surface area (Å²) in [5.74, 6) is 1.90. The first-order chi connectivity index (χ1) is 11.7. The molecule has 1 aromatic heterocycles. The molecule has 2 aromatic rings. The highest BCUT2D eigenvalue weighted by Crippen LogP contribution is 2.19. The van der Waals surface area contributed by atoms with Gasteiger partial charge in [0.1, 0.15) is 12.0 Å². The summed E-state index contributed by atoms with van der Waals surface area (Å²) < 4.78 is 0. The van der Waals surface area contributed by atoms with Crippen LogP contribution in [0.5, 0.6) is 0 Å². The average Bonchev–Trinajstić information content (AvgIpc) is 2.63. The van der Waals surface area contributed by atoms with Gasteiger partial charge in [0.05, 0.1) is 4.92 Å². The largest absolute Gasteiger partial charge is 0.354 e. The van der Waals surface area contributed by atoms with Crippen LogP contribution in [-0.2, 0) is 0 Å². The molecule has 0 amide bonds. The molecule has 0 unspecified atom stereocenters. The molecule has 1 saturated heterocycles. The zero-order valence-corrected chi connectivity index (χ0v) is 14.2. The van der Waals surface area contributed by atoms with Crippen molar-refractivity contribution in [1.29, 1.82) is 0 Å². The normalized spacial score (nSPS) is 15.4. The van der Waals surface area contributed by atoms with Crippen LogP contribution < -0.4 is 4.90 Å². The molecule has 1 aromatic carbocycles. The van der Waals surface area contributed by atoms with Gasteiger partial charge in [-0.2, -0.15) is 0 Å². The van der Waals surface area contributed by atoms with Crippen molar-refractivity contribution in [2.24, 2.45) is 0 Å². The van der Waals surface area contributed by atoms with Crippen molar-refractivity contribution in [3.8, 4) is 0 Å². The highest BCUT2D eigenvalue weighted by molar-refractivity contribution is 7.99. The Morgan fingerprint density at radius 3 is 2.46 bits per heavy atom. The lowest BCUT2D eigenvalue weighted by Crippen LogP contribution is -2.47. The lowest BCUT2D eigenvalue weighted by molar-refractivity contribution is -0.385. The van der Waals surface area contributed by atoms with Crippen molar-refractivity contribution < 1.29 is 4.92 Å². The van der Waals surface area contributed by atoms with Gasteiger partial charge in [0.2, 0.25) is 0 Å². The Morgan fingerprint density at radius 2 is 1.83 bits per heavy atom. The Hall–Kier alpha value is -2.12. The van der Waals surface area contributed by atoms with Gasteiger partial charge < -0.3 is 4.90 Å². The van der Waals surface area contributed by atoms with Crippen molar-refractivity contribution in [1.82, 2.24) is 9.88 Å².